The van der Waals surface area contributed by atoms with Crippen LogP contribution in [-0.2, 0) is 6.54 Å². The third-order valence-corrected chi connectivity index (χ3v) is 4.65. The Morgan fingerprint density at radius 3 is 2.55 bits per heavy atom. The Balaban J connectivity index is 1.77. The number of hydrogen-bond acceptors (Lipinski definition) is 3. The highest BCUT2D eigenvalue weighted by Crippen LogP contribution is 2.34. The van der Waals surface area contributed by atoms with Gasteiger partial charge >= 0.3 is 0 Å². The van der Waals surface area contributed by atoms with Crippen molar-refractivity contribution < 1.29 is 5.11 Å². The largest absolute Gasteiger partial charge is 0.388 e. The first-order chi connectivity index (χ1) is 9.78. The van der Waals surface area contributed by atoms with Crippen LogP contribution in [-0.4, -0.2) is 11.1 Å². The Morgan fingerprint density at radius 2 is 2.00 bits per heavy atom. The third kappa shape index (κ3) is 3.05. The standard InChI is InChI=1S/C17H21NOS/c1-2-17(19)14-3-5-15(6-4-14)18(16-7-8-16)11-13-9-10-20-12-13/h3-6,9-10,12,16-17,19H,2,7-8,11H2,1H3/t17-/m0/s1. The van der Waals surface area contributed by atoms with Crippen LogP contribution in [0.2, 0.25) is 0 Å². The molecule has 1 saturated carbocycles. The van der Waals surface area contributed by atoms with Crippen LogP contribution < -0.4 is 4.90 Å². The normalized spacial score (nSPS) is 16.1. The number of rotatable bonds is 6. The average Bonchev–Trinajstić information content (AvgIpc) is 3.21. The Kier molecular flexibility index (Phi) is 4.08. The molecule has 20 heavy (non-hydrogen) atoms. The molecule has 1 fully saturated rings. The van der Waals surface area contributed by atoms with Gasteiger partial charge in [-0.3, -0.25) is 0 Å². The van der Waals surface area contributed by atoms with E-state index in [2.05, 4.69) is 46.0 Å². The summed E-state index contributed by atoms with van der Waals surface area (Å²) in [5.41, 5.74) is 3.67. The third-order valence-electron chi connectivity index (χ3n) is 3.92. The molecule has 2 nitrogen and oxygen atoms in total. The zero-order valence-corrected chi connectivity index (χ0v) is 12.6. The van der Waals surface area contributed by atoms with Crippen molar-refractivity contribution in [3.63, 3.8) is 0 Å². The van der Waals surface area contributed by atoms with Gasteiger partial charge in [-0.2, -0.15) is 11.3 Å². The van der Waals surface area contributed by atoms with Crippen molar-refractivity contribution in [2.75, 3.05) is 4.90 Å². The zero-order chi connectivity index (χ0) is 13.9. The van der Waals surface area contributed by atoms with E-state index in [4.69, 9.17) is 0 Å². The maximum atomic E-state index is 9.88. The molecule has 1 N–H and O–H groups in total. The lowest BCUT2D eigenvalue weighted by Crippen LogP contribution is -2.24. The van der Waals surface area contributed by atoms with Crippen molar-refractivity contribution >= 4 is 17.0 Å². The SMILES string of the molecule is CC[C@H](O)c1ccc(N(Cc2ccsc2)C2CC2)cc1. The zero-order valence-electron chi connectivity index (χ0n) is 11.8. The first-order valence-corrected chi connectivity index (χ1v) is 8.28. The van der Waals surface area contributed by atoms with E-state index in [0.717, 1.165) is 18.5 Å². The summed E-state index contributed by atoms with van der Waals surface area (Å²) >= 11 is 1.76. The Labute approximate surface area is 124 Å². The number of anilines is 1. The summed E-state index contributed by atoms with van der Waals surface area (Å²) in [6, 6.07) is 11.3. The molecule has 1 atom stereocenters. The molecule has 1 aliphatic rings. The molecule has 3 heteroatoms. The number of benzene rings is 1. The Morgan fingerprint density at radius 1 is 1.25 bits per heavy atom. The summed E-state index contributed by atoms with van der Waals surface area (Å²) in [5, 5.41) is 14.2. The van der Waals surface area contributed by atoms with Crippen molar-refractivity contribution in [3.8, 4) is 0 Å². The van der Waals surface area contributed by atoms with E-state index in [-0.39, 0.29) is 6.10 Å². The van der Waals surface area contributed by atoms with Crippen LogP contribution in [0.1, 0.15) is 43.4 Å². The molecular weight excluding hydrogens is 266 g/mol. The van der Waals surface area contributed by atoms with Gasteiger partial charge in [-0.05, 0) is 59.3 Å². The molecule has 0 bridgehead atoms. The summed E-state index contributed by atoms with van der Waals surface area (Å²) in [7, 11) is 0. The molecule has 0 spiro atoms. The molecule has 0 amide bonds. The maximum Gasteiger partial charge on any atom is 0.0787 e. The van der Waals surface area contributed by atoms with Gasteiger partial charge in [0.1, 0.15) is 0 Å². The minimum absolute atomic E-state index is 0.338. The van der Waals surface area contributed by atoms with Crippen molar-refractivity contribution in [1.82, 2.24) is 0 Å². The van der Waals surface area contributed by atoms with Crippen LogP contribution in [0.15, 0.2) is 41.1 Å². The molecule has 1 aliphatic carbocycles. The van der Waals surface area contributed by atoms with Crippen molar-refractivity contribution in [3.05, 3.63) is 52.2 Å². The topological polar surface area (TPSA) is 23.5 Å². The van der Waals surface area contributed by atoms with Gasteiger partial charge in [0.2, 0.25) is 0 Å². The summed E-state index contributed by atoms with van der Waals surface area (Å²) < 4.78 is 0. The van der Waals surface area contributed by atoms with Crippen LogP contribution in [0, 0.1) is 0 Å². The second-order valence-corrected chi connectivity index (χ2v) is 6.29. The smallest absolute Gasteiger partial charge is 0.0787 e. The van der Waals surface area contributed by atoms with Crippen LogP contribution in [0.25, 0.3) is 0 Å². The molecule has 0 unspecified atom stereocenters. The quantitative estimate of drug-likeness (QED) is 0.853. The Hall–Kier alpha value is -1.32. The van der Waals surface area contributed by atoms with Crippen LogP contribution in [0.5, 0.6) is 0 Å². The highest BCUT2D eigenvalue weighted by Gasteiger charge is 2.29. The fourth-order valence-electron chi connectivity index (χ4n) is 2.52. The molecule has 3 rings (SSSR count). The second-order valence-electron chi connectivity index (χ2n) is 5.51. The molecule has 0 saturated heterocycles. The summed E-state index contributed by atoms with van der Waals surface area (Å²) in [6.45, 7) is 3.00. The number of hydrogen-bond donors (Lipinski definition) is 1. The van der Waals surface area contributed by atoms with E-state index in [1.165, 1.54) is 24.1 Å². The lowest BCUT2D eigenvalue weighted by Gasteiger charge is -2.25. The summed E-state index contributed by atoms with van der Waals surface area (Å²) in [6.07, 6.45) is 3.02. The number of aliphatic hydroxyl groups is 1. The highest BCUT2D eigenvalue weighted by atomic mass is 32.1. The van der Waals surface area contributed by atoms with Gasteiger partial charge in [0, 0.05) is 18.3 Å². The van der Waals surface area contributed by atoms with Crippen LogP contribution >= 0.6 is 11.3 Å². The van der Waals surface area contributed by atoms with Crippen molar-refractivity contribution in [2.45, 2.75) is 44.9 Å². The van der Waals surface area contributed by atoms with Gasteiger partial charge in [-0.25, -0.2) is 0 Å². The minimum Gasteiger partial charge on any atom is -0.388 e. The first-order valence-electron chi connectivity index (χ1n) is 7.33. The van der Waals surface area contributed by atoms with Gasteiger partial charge in [-0.1, -0.05) is 19.1 Å². The molecule has 1 aromatic carbocycles. The molecule has 0 aliphatic heterocycles. The molecule has 106 valence electrons. The maximum absolute atomic E-state index is 9.88. The average molecular weight is 287 g/mol. The van der Waals surface area contributed by atoms with Gasteiger partial charge in [0.15, 0.2) is 0 Å². The van der Waals surface area contributed by atoms with Gasteiger partial charge in [-0.15, -0.1) is 0 Å². The highest BCUT2D eigenvalue weighted by molar-refractivity contribution is 7.07. The predicted molar refractivity (Wildman–Crippen MR) is 85.2 cm³/mol. The number of aliphatic hydroxyl groups excluding tert-OH is 1. The minimum atomic E-state index is -0.338. The molecule has 1 aromatic heterocycles. The van der Waals surface area contributed by atoms with Crippen LogP contribution in [0.3, 0.4) is 0 Å². The van der Waals surface area contributed by atoms with Gasteiger partial charge in [0.05, 0.1) is 6.10 Å². The predicted octanol–water partition coefficient (Wildman–Crippen LogP) is 4.36. The lowest BCUT2D eigenvalue weighted by molar-refractivity contribution is 0.173. The fourth-order valence-corrected chi connectivity index (χ4v) is 3.18. The Bertz CT molecular complexity index is 531. The van der Waals surface area contributed by atoms with E-state index < -0.39 is 0 Å². The van der Waals surface area contributed by atoms with E-state index >= 15 is 0 Å². The summed E-state index contributed by atoms with van der Waals surface area (Å²) in [4.78, 5) is 2.49. The first kappa shape index (κ1) is 13.7. The van der Waals surface area contributed by atoms with Crippen molar-refractivity contribution in [1.29, 1.82) is 0 Å². The van der Waals surface area contributed by atoms with E-state index in [1.54, 1.807) is 11.3 Å². The lowest BCUT2D eigenvalue weighted by atomic mass is 10.1. The van der Waals surface area contributed by atoms with Crippen molar-refractivity contribution in [2.24, 2.45) is 0 Å². The summed E-state index contributed by atoms with van der Waals surface area (Å²) in [5.74, 6) is 0. The fraction of sp³-hybridized carbons (Fsp3) is 0.412. The second kappa shape index (κ2) is 5.98. The van der Waals surface area contributed by atoms with E-state index in [9.17, 15) is 5.11 Å². The molecule has 1 heterocycles. The van der Waals surface area contributed by atoms with Crippen LogP contribution in [0.4, 0.5) is 5.69 Å². The monoisotopic (exact) mass is 287 g/mol. The molecule has 0 radical (unpaired) electrons. The van der Waals surface area contributed by atoms with Gasteiger partial charge < -0.3 is 10.0 Å². The van der Waals surface area contributed by atoms with E-state index in [0.29, 0.717) is 6.04 Å². The number of thiophene rings is 1. The molecular formula is C17H21NOS. The van der Waals surface area contributed by atoms with E-state index in [1.807, 2.05) is 6.92 Å². The molecule has 2 aromatic rings. The van der Waals surface area contributed by atoms with Gasteiger partial charge in [0.25, 0.3) is 0 Å². The number of nitrogens with zero attached hydrogens (tertiary/aromatic N) is 1.